The highest BCUT2D eigenvalue weighted by molar-refractivity contribution is 8.17. The highest BCUT2D eigenvalue weighted by Crippen LogP contribution is 2.19. The molecule has 0 heterocycles. The van der Waals surface area contributed by atoms with Crippen LogP contribution >= 0.6 is 11.8 Å². The average molecular weight is 197 g/mol. The lowest BCUT2D eigenvalue weighted by Crippen LogP contribution is -2.01. The van der Waals surface area contributed by atoms with Gasteiger partial charge in [0.25, 0.3) is 0 Å². The molecule has 0 fully saturated rings. The van der Waals surface area contributed by atoms with Gasteiger partial charge >= 0.3 is 0 Å². The summed E-state index contributed by atoms with van der Waals surface area (Å²) in [6.45, 7) is 7.70. The van der Waals surface area contributed by atoms with E-state index < -0.39 is 0 Å². The summed E-state index contributed by atoms with van der Waals surface area (Å²) in [7, 11) is 0. The van der Waals surface area contributed by atoms with Gasteiger partial charge in [0.15, 0.2) is 5.12 Å². The molecule has 0 saturated heterocycles. The number of hydrogen-bond donors (Lipinski definition) is 1. The summed E-state index contributed by atoms with van der Waals surface area (Å²) in [5.41, 5.74) is 5.29. The predicted molar refractivity (Wildman–Crippen MR) is 59.4 cm³/mol. The largest absolute Gasteiger partial charge is 0.330 e. The van der Waals surface area contributed by atoms with E-state index in [1.807, 2.05) is 0 Å². The van der Waals surface area contributed by atoms with Crippen LogP contribution in [-0.2, 0) is 4.79 Å². The number of hydrogen-bond acceptors (Lipinski definition) is 3. The Balaban J connectivity index is 3.94. The van der Waals surface area contributed by atoms with Crippen molar-refractivity contribution >= 4 is 16.9 Å². The molecule has 0 unspecified atom stereocenters. The van der Waals surface area contributed by atoms with Crippen LogP contribution in [-0.4, -0.2) is 11.7 Å². The zero-order valence-electron chi connectivity index (χ0n) is 7.66. The lowest BCUT2D eigenvalue weighted by molar-refractivity contribution is -0.111. The fourth-order valence-electron chi connectivity index (χ4n) is 0.689. The van der Waals surface area contributed by atoms with Crippen molar-refractivity contribution in [3.8, 4) is 0 Å². The summed E-state index contributed by atoms with van der Waals surface area (Å²) < 4.78 is 0. The summed E-state index contributed by atoms with van der Waals surface area (Å²) >= 11 is 1.19. The van der Waals surface area contributed by atoms with E-state index in [1.54, 1.807) is 18.2 Å². The third kappa shape index (κ3) is 6.37. The quantitative estimate of drug-likeness (QED) is 0.664. The lowest BCUT2D eigenvalue weighted by Gasteiger charge is -1.98. The van der Waals surface area contributed by atoms with Gasteiger partial charge in [-0.05, 0) is 19.0 Å². The summed E-state index contributed by atoms with van der Waals surface area (Å²) in [5, 5.41) is 0.124. The van der Waals surface area contributed by atoms with Crippen LogP contribution in [0.3, 0.4) is 0 Å². The van der Waals surface area contributed by atoms with Gasteiger partial charge in [-0.3, -0.25) is 4.79 Å². The van der Waals surface area contributed by atoms with Gasteiger partial charge in [0.05, 0.1) is 0 Å². The van der Waals surface area contributed by atoms with Gasteiger partial charge in [-0.15, -0.1) is 0 Å². The SMILES string of the molecule is C=C/C=C(\C=C)SC(=O)CCCN. The van der Waals surface area contributed by atoms with Crippen molar-refractivity contribution in [3.05, 3.63) is 36.3 Å². The zero-order valence-corrected chi connectivity index (χ0v) is 8.48. The number of nitrogens with two attached hydrogens (primary N) is 1. The minimum Gasteiger partial charge on any atom is -0.330 e. The topological polar surface area (TPSA) is 43.1 Å². The minimum atomic E-state index is 0.124. The van der Waals surface area contributed by atoms with Gasteiger partial charge in [0, 0.05) is 11.3 Å². The van der Waals surface area contributed by atoms with Crippen molar-refractivity contribution < 1.29 is 4.79 Å². The third-order valence-corrected chi connectivity index (χ3v) is 2.27. The van der Waals surface area contributed by atoms with E-state index in [0.717, 1.165) is 11.3 Å². The normalized spacial score (nSPS) is 11.0. The van der Waals surface area contributed by atoms with E-state index in [2.05, 4.69) is 13.2 Å². The maximum absolute atomic E-state index is 11.2. The molecule has 72 valence electrons. The Bertz CT molecular complexity index is 221. The van der Waals surface area contributed by atoms with Crippen LogP contribution < -0.4 is 5.73 Å². The molecule has 0 aliphatic rings. The van der Waals surface area contributed by atoms with E-state index >= 15 is 0 Å². The number of carbonyl (C=O) groups excluding carboxylic acids is 1. The smallest absolute Gasteiger partial charge is 0.193 e. The molecule has 13 heavy (non-hydrogen) atoms. The summed E-state index contributed by atoms with van der Waals surface area (Å²) in [4.78, 5) is 12.1. The summed E-state index contributed by atoms with van der Waals surface area (Å²) in [5.74, 6) is 0. The van der Waals surface area contributed by atoms with Crippen molar-refractivity contribution in [1.82, 2.24) is 0 Å². The molecule has 0 radical (unpaired) electrons. The first-order valence-corrected chi connectivity index (χ1v) is 4.92. The van der Waals surface area contributed by atoms with Crippen LogP contribution in [0.5, 0.6) is 0 Å². The van der Waals surface area contributed by atoms with Crippen molar-refractivity contribution in [3.63, 3.8) is 0 Å². The first-order chi connectivity index (χ1) is 6.24. The average Bonchev–Trinajstić information content (AvgIpc) is 2.14. The molecular weight excluding hydrogens is 182 g/mol. The van der Waals surface area contributed by atoms with Gasteiger partial charge in [-0.2, -0.15) is 0 Å². The van der Waals surface area contributed by atoms with Crippen molar-refractivity contribution in [2.24, 2.45) is 5.73 Å². The van der Waals surface area contributed by atoms with E-state index in [9.17, 15) is 4.79 Å². The van der Waals surface area contributed by atoms with Crippen LogP contribution in [0, 0.1) is 0 Å². The maximum atomic E-state index is 11.2. The standard InChI is InChI=1S/C10H15NOS/c1-3-6-9(4-2)13-10(12)7-5-8-11/h3-4,6H,1-2,5,7-8,11H2/b9-6+. The number of allylic oxidation sites excluding steroid dienone is 3. The van der Waals surface area contributed by atoms with Crippen LogP contribution in [0.2, 0.25) is 0 Å². The Morgan fingerprint density at radius 1 is 1.46 bits per heavy atom. The predicted octanol–water partition coefficient (Wildman–Crippen LogP) is 2.24. The van der Waals surface area contributed by atoms with Crippen LogP contribution in [0.15, 0.2) is 36.3 Å². The fraction of sp³-hybridized carbons (Fsp3) is 0.300. The summed E-state index contributed by atoms with van der Waals surface area (Å²) in [6, 6.07) is 0. The Morgan fingerprint density at radius 2 is 2.15 bits per heavy atom. The molecule has 0 aliphatic heterocycles. The molecular formula is C10H15NOS. The molecule has 0 aromatic rings. The van der Waals surface area contributed by atoms with Crippen molar-refractivity contribution in [2.75, 3.05) is 6.54 Å². The van der Waals surface area contributed by atoms with Gasteiger partial charge in [0.2, 0.25) is 0 Å². The number of carbonyl (C=O) groups is 1. The highest BCUT2D eigenvalue weighted by Gasteiger charge is 2.03. The van der Waals surface area contributed by atoms with Crippen LogP contribution in [0.25, 0.3) is 0 Å². The Labute approximate surface area is 83.6 Å². The Hall–Kier alpha value is -0.800. The zero-order chi connectivity index (χ0) is 10.1. The molecule has 2 N–H and O–H groups in total. The molecule has 0 atom stereocenters. The molecule has 0 spiro atoms. The molecule has 3 heteroatoms. The van der Waals surface area contributed by atoms with E-state index in [0.29, 0.717) is 13.0 Å². The second-order valence-corrected chi connectivity index (χ2v) is 3.51. The first kappa shape index (κ1) is 12.2. The van der Waals surface area contributed by atoms with Crippen LogP contribution in [0.1, 0.15) is 12.8 Å². The fourth-order valence-corrected chi connectivity index (χ4v) is 1.45. The van der Waals surface area contributed by atoms with Crippen LogP contribution in [0.4, 0.5) is 0 Å². The minimum absolute atomic E-state index is 0.124. The Morgan fingerprint density at radius 3 is 2.62 bits per heavy atom. The van der Waals surface area contributed by atoms with Gasteiger partial charge in [-0.1, -0.05) is 37.1 Å². The van der Waals surface area contributed by atoms with E-state index in [4.69, 9.17) is 5.73 Å². The molecule has 0 aliphatic carbocycles. The molecule has 0 aromatic heterocycles. The number of rotatable bonds is 6. The first-order valence-electron chi connectivity index (χ1n) is 4.10. The second kappa shape index (κ2) is 7.83. The number of thioether (sulfide) groups is 1. The summed E-state index contributed by atoms with van der Waals surface area (Å²) in [6.07, 6.45) is 6.30. The molecule has 0 amide bonds. The van der Waals surface area contributed by atoms with E-state index in [1.165, 1.54) is 11.8 Å². The highest BCUT2D eigenvalue weighted by atomic mass is 32.2. The molecule has 0 bridgehead atoms. The molecule has 0 aromatic carbocycles. The monoisotopic (exact) mass is 197 g/mol. The second-order valence-electron chi connectivity index (χ2n) is 2.38. The maximum Gasteiger partial charge on any atom is 0.193 e. The van der Waals surface area contributed by atoms with E-state index in [-0.39, 0.29) is 5.12 Å². The Kier molecular flexibility index (Phi) is 7.35. The third-order valence-electron chi connectivity index (χ3n) is 1.30. The molecule has 0 saturated carbocycles. The lowest BCUT2D eigenvalue weighted by atomic mass is 10.3. The van der Waals surface area contributed by atoms with Gasteiger partial charge in [-0.25, -0.2) is 0 Å². The molecule has 0 rings (SSSR count). The van der Waals surface area contributed by atoms with Crippen molar-refractivity contribution in [1.29, 1.82) is 0 Å². The van der Waals surface area contributed by atoms with Gasteiger partial charge in [0.1, 0.15) is 0 Å². The molecule has 2 nitrogen and oxygen atoms in total. The van der Waals surface area contributed by atoms with Crippen molar-refractivity contribution in [2.45, 2.75) is 12.8 Å². The van der Waals surface area contributed by atoms with Gasteiger partial charge < -0.3 is 5.73 Å².